The van der Waals surface area contributed by atoms with Crippen molar-refractivity contribution >= 4 is 51.5 Å². The van der Waals surface area contributed by atoms with E-state index >= 15 is 0 Å². The Balaban J connectivity index is 0.000000171. The quantitative estimate of drug-likeness (QED) is 0.171. The fraction of sp³-hybridized carbons (Fsp3) is 0.902. The number of aliphatic carboxylic acids is 2. The monoisotopic (exact) mass is 866 g/mol. The number of hydrogen-bond acceptors (Lipinski definition) is 4. The zero-order valence-corrected chi connectivity index (χ0v) is 35.9. The molecule has 6 aliphatic carbocycles. The Bertz CT molecular complexity index is 748. The molecular formula is C41H70O4Sn2. The minimum Gasteiger partial charge on any atom is -0.550 e. The van der Waals surface area contributed by atoms with Gasteiger partial charge in [0.15, 0.2) is 0 Å². The van der Waals surface area contributed by atoms with Crippen LogP contribution in [0.15, 0.2) is 12.2 Å². The Morgan fingerprint density at radius 3 is 0.723 bits per heavy atom. The minimum atomic E-state index is -1.56. The van der Waals surface area contributed by atoms with E-state index in [1.165, 1.54) is 23.6 Å². The van der Waals surface area contributed by atoms with E-state index < -0.39 is 63.5 Å². The van der Waals surface area contributed by atoms with Crippen molar-refractivity contribution < 1.29 is 19.8 Å². The predicted octanol–water partition coefficient (Wildman–Crippen LogP) is 10.4. The Hall–Kier alpha value is 0.277. The molecule has 6 heteroatoms. The summed E-state index contributed by atoms with van der Waals surface area (Å²) in [6.45, 7) is 2.91. The van der Waals surface area contributed by atoms with Gasteiger partial charge in [-0.3, -0.25) is 0 Å². The molecule has 0 radical (unpaired) electrons. The van der Waals surface area contributed by atoms with Gasteiger partial charge in [0.1, 0.15) is 0 Å². The van der Waals surface area contributed by atoms with Crippen LogP contribution >= 0.6 is 0 Å². The van der Waals surface area contributed by atoms with E-state index in [9.17, 15) is 19.8 Å². The summed E-state index contributed by atoms with van der Waals surface area (Å²) < 4.78 is 7.93. The molecule has 4 nitrogen and oxygen atoms in total. The molecule has 6 fully saturated rings. The van der Waals surface area contributed by atoms with Gasteiger partial charge in [-0.25, -0.2) is 0 Å². The molecule has 6 rings (SSSR count). The third-order valence-electron chi connectivity index (χ3n) is 13.1. The van der Waals surface area contributed by atoms with E-state index in [1.807, 2.05) is 0 Å². The zero-order valence-electron chi connectivity index (χ0n) is 30.2. The molecule has 0 heterocycles. The first-order valence-corrected chi connectivity index (χ1v) is 30.6. The summed E-state index contributed by atoms with van der Waals surface area (Å²) in [6, 6.07) is 0. The molecule has 266 valence electrons. The number of carbonyl (C=O) groups is 2. The second-order valence-electron chi connectivity index (χ2n) is 16.4. The first kappa shape index (κ1) is 40.1. The maximum Gasteiger partial charge on any atom is 0.0672 e. The number of carboxylic acids is 2. The van der Waals surface area contributed by atoms with E-state index in [-0.39, 0.29) is 0 Å². The molecule has 0 bridgehead atoms. The summed E-state index contributed by atoms with van der Waals surface area (Å²) in [7, 11) is 0. The molecule has 0 aliphatic heterocycles. The van der Waals surface area contributed by atoms with Gasteiger partial charge in [-0.2, -0.15) is 0 Å². The van der Waals surface area contributed by atoms with Crippen molar-refractivity contribution in [1.82, 2.24) is 0 Å². The van der Waals surface area contributed by atoms with Gasteiger partial charge >= 0.3 is 256 Å². The first-order valence-electron chi connectivity index (χ1n) is 20.8. The van der Waals surface area contributed by atoms with Gasteiger partial charge in [0.25, 0.3) is 0 Å². The average molecular weight is 864 g/mol. The van der Waals surface area contributed by atoms with Crippen molar-refractivity contribution in [2.45, 2.75) is 223 Å². The van der Waals surface area contributed by atoms with E-state index in [1.54, 1.807) is 193 Å². The normalized spacial score (nSPS) is 24.6. The first-order chi connectivity index (χ1) is 22.9. The number of hydrogen-bond donors (Lipinski definition) is 0. The maximum absolute atomic E-state index is 9.73. The van der Waals surface area contributed by atoms with Crippen molar-refractivity contribution in [3.8, 4) is 0 Å². The van der Waals surface area contributed by atoms with Crippen LogP contribution in [0.5, 0.6) is 0 Å². The van der Waals surface area contributed by atoms with Crippen molar-refractivity contribution in [3.63, 3.8) is 0 Å². The molecule has 0 N–H and O–H groups in total. The summed E-state index contributed by atoms with van der Waals surface area (Å²) in [5.41, 5.74) is -0.477. The summed E-state index contributed by atoms with van der Waals surface area (Å²) in [5.74, 6) is -3.02. The molecule has 0 atom stereocenters. The predicted molar refractivity (Wildman–Crippen MR) is 196 cm³/mol. The topological polar surface area (TPSA) is 80.3 Å². The van der Waals surface area contributed by atoms with Gasteiger partial charge in [-0.15, -0.1) is 0 Å². The molecule has 0 amide bonds. The summed E-state index contributed by atoms with van der Waals surface area (Å²) in [4.78, 5) is 19.4. The SMILES string of the molecule is C1CC[CH]([Sn+]([CH]2CCCCC2)[CH]2CCCCC2)CC1.C1CC[CH]([Sn+]([CH]2CCCCC2)[CH]2CCCCC2)CC1.C=C(CC(=O)[O-])C(=O)[O-]. The maximum atomic E-state index is 9.73. The molecular weight excluding hydrogens is 794 g/mol. The Morgan fingerprint density at radius 1 is 0.404 bits per heavy atom. The largest absolute Gasteiger partial charge is 0.550 e. The van der Waals surface area contributed by atoms with Crippen molar-refractivity contribution in [2.24, 2.45) is 0 Å². The van der Waals surface area contributed by atoms with Gasteiger partial charge in [0.2, 0.25) is 0 Å². The summed E-state index contributed by atoms with van der Waals surface area (Å²) >= 11 is -2.30. The van der Waals surface area contributed by atoms with E-state index in [0.717, 1.165) is 0 Å². The van der Waals surface area contributed by atoms with Crippen LogP contribution in [0.2, 0.25) is 23.6 Å². The number of carbonyl (C=O) groups excluding carboxylic acids is 2. The third-order valence-corrected chi connectivity index (χ3v) is 39.1. The number of carboxylic acid groups (broad SMARTS) is 2. The van der Waals surface area contributed by atoms with Crippen LogP contribution in [-0.4, -0.2) is 51.5 Å². The minimum absolute atomic E-state index is 0.477. The standard InChI is InChI=1S/6C6H11.C5H6O4.2Sn/c6*1-2-4-6-5-3-1;1-3(5(8)9)2-4(6)7;;/h6*1H,2-6H2;1-2H2,(H,6,7)(H,8,9);;/q;;;;;;;2*+1/p-2. The van der Waals surface area contributed by atoms with Crippen LogP contribution in [0.25, 0.3) is 0 Å². The van der Waals surface area contributed by atoms with Crippen LogP contribution in [0, 0.1) is 0 Å². The van der Waals surface area contributed by atoms with Crippen molar-refractivity contribution in [2.75, 3.05) is 0 Å². The molecule has 0 aromatic carbocycles. The van der Waals surface area contributed by atoms with E-state index in [4.69, 9.17) is 0 Å². The smallest absolute Gasteiger partial charge is 0.0672 e. The van der Waals surface area contributed by atoms with E-state index in [2.05, 4.69) is 6.58 Å². The molecule has 47 heavy (non-hydrogen) atoms. The third kappa shape index (κ3) is 14.1. The Kier molecular flexibility index (Phi) is 19.6. The molecule has 0 aromatic rings. The average Bonchev–Trinajstić information content (AvgIpc) is 3.12. The van der Waals surface area contributed by atoms with Gasteiger partial charge in [0, 0.05) is 12.4 Å². The summed E-state index contributed by atoms with van der Waals surface area (Å²) in [5, 5.41) is 19.4. The Morgan fingerprint density at radius 2 is 0.596 bits per heavy atom. The molecule has 6 saturated carbocycles. The molecule has 0 saturated heterocycles. The van der Waals surface area contributed by atoms with E-state index in [0.29, 0.717) is 0 Å². The fourth-order valence-electron chi connectivity index (χ4n) is 10.9. The van der Waals surface area contributed by atoms with Crippen LogP contribution < -0.4 is 10.2 Å². The number of rotatable bonds is 9. The van der Waals surface area contributed by atoms with Gasteiger partial charge < -0.3 is 19.8 Å². The van der Waals surface area contributed by atoms with Gasteiger partial charge in [0.05, 0.1) is 5.97 Å². The molecule has 0 unspecified atom stereocenters. The van der Waals surface area contributed by atoms with Crippen LogP contribution in [-0.2, 0) is 9.59 Å². The fourth-order valence-corrected chi connectivity index (χ4v) is 40.7. The van der Waals surface area contributed by atoms with Crippen LogP contribution in [0.1, 0.15) is 199 Å². The Labute approximate surface area is 303 Å². The van der Waals surface area contributed by atoms with Crippen molar-refractivity contribution in [1.29, 1.82) is 0 Å². The van der Waals surface area contributed by atoms with Crippen molar-refractivity contribution in [3.05, 3.63) is 12.2 Å². The molecule has 0 spiro atoms. The summed E-state index contributed by atoms with van der Waals surface area (Å²) in [6.07, 6.45) is 47.8. The second-order valence-corrected chi connectivity index (χ2v) is 36.1. The molecule has 6 aliphatic rings. The zero-order chi connectivity index (χ0) is 33.3. The second kappa shape index (κ2) is 23.0. The van der Waals surface area contributed by atoms with Crippen LogP contribution in [0.4, 0.5) is 0 Å². The van der Waals surface area contributed by atoms with Gasteiger partial charge in [-0.1, -0.05) is 6.58 Å². The van der Waals surface area contributed by atoms with Gasteiger partial charge in [-0.05, 0) is 5.57 Å². The molecule has 0 aromatic heterocycles. The van der Waals surface area contributed by atoms with Crippen LogP contribution in [0.3, 0.4) is 0 Å².